The molecule has 172 valence electrons. The summed E-state index contributed by atoms with van der Waals surface area (Å²) in [6.07, 6.45) is 3.88. The summed E-state index contributed by atoms with van der Waals surface area (Å²) in [7, 11) is 1.77. The molecule has 0 amide bonds. The molecule has 33 heavy (non-hydrogen) atoms. The summed E-state index contributed by atoms with van der Waals surface area (Å²) < 4.78 is 25.2. The lowest BCUT2D eigenvalue weighted by Gasteiger charge is -2.20. The van der Waals surface area contributed by atoms with E-state index in [4.69, 9.17) is 10.1 Å². The Balaban J connectivity index is 1.94. The largest absolute Gasteiger partial charge is 0.482 e. The van der Waals surface area contributed by atoms with Gasteiger partial charge in [0.1, 0.15) is 11.9 Å². The summed E-state index contributed by atoms with van der Waals surface area (Å²) in [4.78, 5) is 16.1. The van der Waals surface area contributed by atoms with E-state index in [9.17, 15) is 9.30 Å². The van der Waals surface area contributed by atoms with Crippen molar-refractivity contribution in [2.24, 2.45) is 5.18 Å². The molecule has 0 aliphatic rings. The number of benzene rings is 1. The predicted octanol–water partition coefficient (Wildman–Crippen LogP) is 6.25. The number of aromatic nitrogens is 2. The van der Waals surface area contributed by atoms with Crippen LogP contribution >= 0.6 is 27.5 Å². The van der Waals surface area contributed by atoms with Crippen LogP contribution in [0.25, 0.3) is 0 Å². The third kappa shape index (κ3) is 6.08. The van der Waals surface area contributed by atoms with Crippen LogP contribution < -0.4 is 10.1 Å². The molecule has 2 N–H and O–H groups in total. The van der Waals surface area contributed by atoms with Crippen LogP contribution in [0.3, 0.4) is 0 Å². The minimum absolute atomic E-state index is 0.106. The fourth-order valence-corrected chi connectivity index (χ4v) is 4.41. The van der Waals surface area contributed by atoms with Crippen molar-refractivity contribution < 1.29 is 9.13 Å². The number of nitroso groups, excluding NO2 is 1. The first-order valence-corrected chi connectivity index (χ1v) is 11.8. The van der Waals surface area contributed by atoms with Crippen LogP contribution in [0.1, 0.15) is 41.6 Å². The Bertz CT molecular complexity index is 1200. The van der Waals surface area contributed by atoms with Gasteiger partial charge in [0.25, 0.3) is 0 Å². The Morgan fingerprint density at radius 3 is 2.85 bits per heavy atom. The molecular formula is C23H23BrFN5O2S. The number of rotatable bonds is 10. The molecule has 0 unspecified atom stereocenters. The van der Waals surface area contributed by atoms with Crippen molar-refractivity contribution in [2.45, 2.75) is 32.8 Å². The van der Waals surface area contributed by atoms with Gasteiger partial charge in [-0.25, -0.2) is 9.37 Å². The fourth-order valence-electron chi connectivity index (χ4n) is 3.27. The Morgan fingerprint density at radius 2 is 2.18 bits per heavy atom. The number of ether oxygens (including phenoxy) is 1. The molecular weight excluding hydrogens is 509 g/mol. The Morgan fingerprint density at radius 1 is 1.39 bits per heavy atom. The van der Waals surface area contributed by atoms with Crippen molar-refractivity contribution in [2.75, 3.05) is 7.05 Å². The van der Waals surface area contributed by atoms with Gasteiger partial charge in [-0.2, -0.15) is 4.37 Å². The molecule has 0 aliphatic carbocycles. The Labute approximate surface area is 203 Å². The second-order valence-corrected chi connectivity index (χ2v) is 9.01. The van der Waals surface area contributed by atoms with Gasteiger partial charge in [-0.3, -0.25) is 5.41 Å². The fraction of sp³-hybridized carbons (Fsp3) is 0.261. The van der Waals surface area contributed by atoms with E-state index in [1.807, 2.05) is 13.0 Å². The molecule has 2 aromatic heterocycles. The summed E-state index contributed by atoms with van der Waals surface area (Å²) in [6.45, 7) is 3.77. The van der Waals surface area contributed by atoms with E-state index in [-0.39, 0.29) is 17.3 Å². The molecule has 10 heteroatoms. The monoisotopic (exact) mass is 531 g/mol. The lowest BCUT2D eigenvalue weighted by Crippen LogP contribution is -2.15. The van der Waals surface area contributed by atoms with E-state index in [1.54, 1.807) is 32.3 Å². The van der Waals surface area contributed by atoms with Gasteiger partial charge in [0.2, 0.25) is 5.82 Å². The highest BCUT2D eigenvalue weighted by Crippen LogP contribution is 2.33. The van der Waals surface area contributed by atoms with Crippen molar-refractivity contribution in [1.82, 2.24) is 14.7 Å². The zero-order chi connectivity index (χ0) is 24.0. The van der Waals surface area contributed by atoms with Gasteiger partial charge in [0.15, 0.2) is 5.75 Å². The van der Waals surface area contributed by atoms with Crippen molar-refractivity contribution in [3.63, 3.8) is 0 Å². The maximum absolute atomic E-state index is 14.2. The second-order valence-electron chi connectivity index (χ2n) is 7.21. The van der Waals surface area contributed by atoms with Gasteiger partial charge >= 0.3 is 0 Å². The molecule has 3 rings (SSSR count). The van der Waals surface area contributed by atoms with Crippen molar-refractivity contribution in [3.05, 3.63) is 85.2 Å². The zero-order valence-electron chi connectivity index (χ0n) is 18.4. The lowest BCUT2D eigenvalue weighted by atomic mass is 9.93. The number of allylic oxidation sites excluding steroid dienone is 1. The van der Waals surface area contributed by atoms with E-state index in [2.05, 4.69) is 35.8 Å². The molecule has 3 aromatic rings. The third-order valence-electron chi connectivity index (χ3n) is 4.89. The number of hydrogen-bond donors (Lipinski definition) is 2. The average molecular weight is 532 g/mol. The predicted molar refractivity (Wildman–Crippen MR) is 132 cm³/mol. The summed E-state index contributed by atoms with van der Waals surface area (Å²) in [6, 6.07) is 7.84. The maximum atomic E-state index is 14.2. The standard InChI is InChI=1S/C23H23BrFN5O2S/c1-4-17-10-18(33-30-17)7-14(11-27-3)22(26)19-6-5-16(25)9-20(19)13(2)32-21-8-15(24)12-28-23(21)29-31/h5-6,8-13,26-27H,4,7H2,1-3H3/b14-11-,26-22?/t13-/m1/s1. The number of nitrogens with zero attached hydrogens (tertiary/aromatic N) is 3. The van der Waals surface area contributed by atoms with Crippen molar-refractivity contribution in [1.29, 1.82) is 5.41 Å². The number of halogens is 2. The number of hydrogen-bond acceptors (Lipinski definition) is 8. The molecule has 0 spiro atoms. The van der Waals surface area contributed by atoms with Crippen LogP contribution in [0.2, 0.25) is 0 Å². The average Bonchev–Trinajstić information content (AvgIpc) is 3.26. The van der Waals surface area contributed by atoms with Gasteiger partial charge in [-0.1, -0.05) is 6.92 Å². The van der Waals surface area contributed by atoms with Crippen LogP contribution in [0.15, 0.2) is 58.0 Å². The second kappa shape index (κ2) is 11.2. The van der Waals surface area contributed by atoms with Gasteiger partial charge in [0.05, 0.1) is 11.4 Å². The first-order valence-electron chi connectivity index (χ1n) is 10.2. The number of nitrogens with one attached hydrogen (secondary N) is 2. The van der Waals surface area contributed by atoms with Crippen LogP contribution in [0.5, 0.6) is 5.75 Å². The summed E-state index contributed by atoms with van der Waals surface area (Å²) in [5, 5.41) is 14.8. The molecule has 1 atom stereocenters. The number of aryl methyl sites for hydroxylation is 1. The van der Waals surface area contributed by atoms with Crippen LogP contribution in [-0.2, 0) is 12.8 Å². The smallest absolute Gasteiger partial charge is 0.239 e. The minimum Gasteiger partial charge on any atom is -0.482 e. The van der Waals surface area contributed by atoms with Crippen LogP contribution in [0.4, 0.5) is 10.2 Å². The number of pyridine rings is 1. The quantitative estimate of drug-likeness (QED) is 0.237. The molecule has 1 aromatic carbocycles. The minimum atomic E-state index is -0.682. The molecule has 0 fully saturated rings. The van der Waals surface area contributed by atoms with E-state index < -0.39 is 11.9 Å². The molecule has 0 bridgehead atoms. The van der Waals surface area contributed by atoms with Crippen molar-refractivity contribution in [3.8, 4) is 5.75 Å². The molecule has 7 nitrogen and oxygen atoms in total. The lowest BCUT2D eigenvalue weighted by molar-refractivity contribution is 0.226. The van der Waals surface area contributed by atoms with Gasteiger partial charge in [-0.05, 0) is 81.9 Å². The van der Waals surface area contributed by atoms with Crippen LogP contribution in [-0.4, -0.2) is 22.1 Å². The van der Waals surface area contributed by atoms with E-state index in [0.29, 0.717) is 22.0 Å². The molecule has 0 radical (unpaired) electrons. The zero-order valence-corrected chi connectivity index (χ0v) is 20.8. The van der Waals surface area contributed by atoms with E-state index in [0.717, 1.165) is 22.6 Å². The highest BCUT2D eigenvalue weighted by Gasteiger charge is 2.21. The van der Waals surface area contributed by atoms with Gasteiger partial charge in [-0.15, -0.1) is 4.91 Å². The summed E-state index contributed by atoms with van der Waals surface area (Å²) >= 11 is 4.71. The SMILES string of the molecule is CCc1cc(C/C(=C/NC)C(=N)c2ccc(F)cc2[C@@H](C)Oc2cc(Br)cnc2N=O)sn1. The maximum Gasteiger partial charge on any atom is 0.239 e. The first-order chi connectivity index (χ1) is 15.9. The highest BCUT2D eigenvalue weighted by molar-refractivity contribution is 9.10. The third-order valence-corrected chi connectivity index (χ3v) is 6.14. The first kappa shape index (κ1) is 24.7. The molecule has 0 saturated heterocycles. The molecule has 0 saturated carbocycles. The summed E-state index contributed by atoms with van der Waals surface area (Å²) in [5.74, 6) is -0.394. The van der Waals surface area contributed by atoms with E-state index >= 15 is 0 Å². The van der Waals surface area contributed by atoms with Crippen molar-refractivity contribution >= 4 is 39.0 Å². The topological polar surface area (TPSA) is 100 Å². The van der Waals surface area contributed by atoms with E-state index in [1.165, 1.54) is 29.9 Å². The Kier molecular flexibility index (Phi) is 8.40. The molecule has 2 heterocycles. The molecule has 0 aliphatic heterocycles. The van der Waals surface area contributed by atoms with Crippen LogP contribution in [0, 0.1) is 16.1 Å². The van der Waals surface area contributed by atoms with Gasteiger partial charge in [0, 0.05) is 46.3 Å². The Hall–Kier alpha value is -2.98. The van der Waals surface area contributed by atoms with Gasteiger partial charge < -0.3 is 10.1 Å². The highest BCUT2D eigenvalue weighted by atomic mass is 79.9. The normalized spacial score (nSPS) is 12.3. The summed E-state index contributed by atoms with van der Waals surface area (Å²) in [5.41, 5.74) is 2.97.